The Morgan fingerprint density at radius 1 is 1.29 bits per heavy atom. The summed E-state index contributed by atoms with van der Waals surface area (Å²) in [7, 11) is 0. The van der Waals surface area contributed by atoms with Crippen LogP contribution in [-0.4, -0.2) is 27.5 Å². The summed E-state index contributed by atoms with van der Waals surface area (Å²) >= 11 is 1.22. The van der Waals surface area contributed by atoms with Crippen molar-refractivity contribution in [1.82, 2.24) is 9.36 Å². The predicted molar refractivity (Wildman–Crippen MR) is 80.0 cm³/mol. The molecule has 3 unspecified atom stereocenters. The van der Waals surface area contributed by atoms with E-state index in [1.807, 2.05) is 30.3 Å². The van der Waals surface area contributed by atoms with E-state index in [-0.39, 0.29) is 24.0 Å². The number of aromatic nitrogens is 2. The number of hydrogen-bond donors (Lipinski definition) is 1. The van der Waals surface area contributed by atoms with Crippen LogP contribution in [0.2, 0.25) is 0 Å². The van der Waals surface area contributed by atoms with Gasteiger partial charge in [-0.25, -0.2) is 0 Å². The van der Waals surface area contributed by atoms with E-state index in [4.69, 9.17) is 4.74 Å². The Morgan fingerprint density at radius 3 is 2.86 bits per heavy atom. The van der Waals surface area contributed by atoms with Gasteiger partial charge in [-0.15, -0.1) is 0 Å². The molecule has 1 aromatic carbocycles. The van der Waals surface area contributed by atoms with Crippen molar-refractivity contribution >= 4 is 22.6 Å². The highest BCUT2D eigenvalue weighted by Gasteiger charge is 2.44. The summed E-state index contributed by atoms with van der Waals surface area (Å²) in [5.74, 6) is 0.630. The minimum Gasteiger partial charge on any atom is -0.374 e. The highest BCUT2D eigenvalue weighted by Crippen LogP contribution is 2.39. The molecule has 3 atom stereocenters. The summed E-state index contributed by atoms with van der Waals surface area (Å²) in [4.78, 5) is 16.7. The van der Waals surface area contributed by atoms with Crippen LogP contribution in [0.4, 0.5) is 5.13 Å². The summed E-state index contributed by atoms with van der Waals surface area (Å²) in [6, 6.07) is 9.75. The van der Waals surface area contributed by atoms with Crippen molar-refractivity contribution < 1.29 is 9.53 Å². The van der Waals surface area contributed by atoms with Gasteiger partial charge in [0, 0.05) is 17.1 Å². The van der Waals surface area contributed by atoms with Gasteiger partial charge in [0.1, 0.15) is 0 Å². The molecule has 0 aliphatic carbocycles. The Kier molecular flexibility index (Phi) is 3.20. The molecule has 2 fully saturated rings. The van der Waals surface area contributed by atoms with E-state index in [2.05, 4.69) is 14.7 Å². The van der Waals surface area contributed by atoms with Gasteiger partial charge in [-0.3, -0.25) is 4.79 Å². The molecule has 0 radical (unpaired) electrons. The fourth-order valence-electron chi connectivity index (χ4n) is 3.09. The van der Waals surface area contributed by atoms with Crippen LogP contribution >= 0.6 is 11.5 Å². The standard InChI is InChI=1S/C15H15N3O2S/c19-14(11-8-10-6-7-12(11)20-10)17-15-16-13(18-21-15)9-4-2-1-3-5-9/h1-5,10-12H,6-8H2,(H,16,17,18,19). The van der Waals surface area contributed by atoms with E-state index < -0.39 is 0 Å². The number of hydrogen-bond acceptors (Lipinski definition) is 5. The average Bonchev–Trinajstić information content (AvgIpc) is 3.24. The molecule has 6 heteroatoms. The first-order valence-electron chi connectivity index (χ1n) is 7.15. The summed E-state index contributed by atoms with van der Waals surface area (Å²) in [6.45, 7) is 0. The Balaban J connectivity index is 1.46. The van der Waals surface area contributed by atoms with Crippen LogP contribution in [0, 0.1) is 5.92 Å². The van der Waals surface area contributed by atoms with Gasteiger partial charge in [-0.05, 0) is 19.3 Å². The van der Waals surface area contributed by atoms with E-state index in [9.17, 15) is 4.79 Å². The quantitative estimate of drug-likeness (QED) is 0.946. The number of nitrogens with zero attached hydrogens (tertiary/aromatic N) is 2. The van der Waals surface area contributed by atoms with Gasteiger partial charge in [-0.2, -0.15) is 9.36 Å². The highest BCUT2D eigenvalue weighted by atomic mass is 32.1. The topological polar surface area (TPSA) is 64.1 Å². The molecule has 0 saturated carbocycles. The molecule has 21 heavy (non-hydrogen) atoms. The Labute approximate surface area is 126 Å². The average molecular weight is 301 g/mol. The SMILES string of the molecule is O=C(Nc1nc(-c2ccccc2)ns1)C1CC2CCC1O2. The monoisotopic (exact) mass is 301 g/mol. The first-order valence-corrected chi connectivity index (χ1v) is 7.92. The van der Waals surface area contributed by atoms with Gasteiger partial charge in [0.25, 0.3) is 0 Å². The lowest BCUT2D eigenvalue weighted by Gasteiger charge is -2.16. The van der Waals surface area contributed by atoms with Crippen molar-refractivity contribution in [3.8, 4) is 11.4 Å². The van der Waals surface area contributed by atoms with Crippen LogP contribution in [0.3, 0.4) is 0 Å². The maximum Gasteiger partial charge on any atom is 0.232 e. The molecule has 1 amide bonds. The molecule has 2 aliphatic rings. The van der Waals surface area contributed by atoms with Gasteiger partial charge in [0.15, 0.2) is 5.82 Å². The number of carbonyl (C=O) groups is 1. The van der Waals surface area contributed by atoms with E-state index in [0.717, 1.165) is 24.8 Å². The molecular formula is C15H15N3O2S. The largest absolute Gasteiger partial charge is 0.374 e. The number of nitrogens with one attached hydrogen (secondary N) is 1. The fourth-order valence-corrected chi connectivity index (χ4v) is 3.68. The van der Waals surface area contributed by atoms with E-state index in [0.29, 0.717) is 11.0 Å². The van der Waals surface area contributed by atoms with E-state index in [1.165, 1.54) is 11.5 Å². The molecule has 1 aromatic heterocycles. The second-order valence-corrected chi connectivity index (χ2v) is 6.25. The number of ether oxygens (including phenoxy) is 1. The molecule has 2 saturated heterocycles. The summed E-state index contributed by atoms with van der Waals surface area (Å²) in [5.41, 5.74) is 0.956. The van der Waals surface area contributed by atoms with Gasteiger partial charge in [0.05, 0.1) is 18.1 Å². The lowest BCUT2D eigenvalue weighted by molar-refractivity contribution is -0.121. The van der Waals surface area contributed by atoms with E-state index >= 15 is 0 Å². The molecule has 2 aromatic rings. The number of amides is 1. The molecule has 4 rings (SSSR count). The van der Waals surface area contributed by atoms with E-state index in [1.54, 1.807) is 0 Å². The highest BCUT2D eigenvalue weighted by molar-refractivity contribution is 7.10. The molecule has 5 nitrogen and oxygen atoms in total. The number of rotatable bonds is 3. The Morgan fingerprint density at radius 2 is 2.14 bits per heavy atom. The molecule has 2 aliphatic heterocycles. The predicted octanol–water partition coefficient (Wildman–Crippen LogP) is 2.71. The zero-order valence-corrected chi connectivity index (χ0v) is 12.2. The molecule has 2 bridgehead atoms. The van der Waals surface area contributed by atoms with Crippen LogP contribution in [0.1, 0.15) is 19.3 Å². The van der Waals surface area contributed by atoms with Gasteiger partial charge >= 0.3 is 0 Å². The van der Waals surface area contributed by atoms with Crippen LogP contribution in [-0.2, 0) is 9.53 Å². The minimum atomic E-state index is -0.0344. The first kappa shape index (κ1) is 12.9. The molecule has 1 N–H and O–H groups in total. The lowest BCUT2D eigenvalue weighted by Crippen LogP contribution is -2.30. The summed E-state index contributed by atoms with van der Waals surface area (Å²) < 4.78 is 10.0. The second-order valence-electron chi connectivity index (χ2n) is 5.49. The minimum absolute atomic E-state index is 0.0120. The van der Waals surface area contributed by atoms with Gasteiger partial charge in [0.2, 0.25) is 11.0 Å². The first-order chi connectivity index (χ1) is 10.3. The van der Waals surface area contributed by atoms with Crippen molar-refractivity contribution in [2.75, 3.05) is 5.32 Å². The van der Waals surface area contributed by atoms with Crippen molar-refractivity contribution in [2.24, 2.45) is 5.92 Å². The number of anilines is 1. The summed E-state index contributed by atoms with van der Waals surface area (Å²) in [5, 5.41) is 3.44. The molecular weight excluding hydrogens is 286 g/mol. The third-order valence-corrected chi connectivity index (χ3v) is 4.76. The van der Waals surface area contributed by atoms with Crippen molar-refractivity contribution in [2.45, 2.75) is 31.5 Å². The zero-order valence-electron chi connectivity index (χ0n) is 11.4. The smallest absolute Gasteiger partial charge is 0.232 e. The van der Waals surface area contributed by atoms with Crippen LogP contribution in [0.5, 0.6) is 0 Å². The maximum atomic E-state index is 12.3. The second kappa shape index (κ2) is 5.20. The van der Waals surface area contributed by atoms with Crippen molar-refractivity contribution in [3.63, 3.8) is 0 Å². The number of benzene rings is 1. The van der Waals surface area contributed by atoms with Crippen molar-refractivity contribution in [1.29, 1.82) is 0 Å². The van der Waals surface area contributed by atoms with Gasteiger partial charge in [-0.1, -0.05) is 30.3 Å². The van der Waals surface area contributed by atoms with Crippen LogP contribution in [0.15, 0.2) is 30.3 Å². The van der Waals surface area contributed by atoms with Crippen LogP contribution < -0.4 is 5.32 Å². The number of fused-ring (bicyclic) bond motifs is 2. The summed E-state index contributed by atoms with van der Waals surface area (Å²) in [6.07, 6.45) is 3.29. The Bertz CT molecular complexity index is 658. The molecule has 3 heterocycles. The third kappa shape index (κ3) is 2.45. The fraction of sp³-hybridized carbons (Fsp3) is 0.400. The Hall–Kier alpha value is -1.79. The third-order valence-electron chi connectivity index (χ3n) is 4.13. The lowest BCUT2D eigenvalue weighted by atomic mass is 9.89. The van der Waals surface area contributed by atoms with Crippen LogP contribution in [0.25, 0.3) is 11.4 Å². The molecule has 108 valence electrons. The van der Waals surface area contributed by atoms with Crippen molar-refractivity contribution in [3.05, 3.63) is 30.3 Å². The van der Waals surface area contributed by atoms with Gasteiger partial charge < -0.3 is 10.1 Å². The molecule has 0 spiro atoms. The normalized spacial score (nSPS) is 27.0. The number of carbonyl (C=O) groups excluding carboxylic acids is 1. The zero-order chi connectivity index (χ0) is 14.2. The maximum absolute atomic E-state index is 12.3.